The van der Waals surface area contributed by atoms with Gasteiger partial charge in [-0.15, -0.1) is 0 Å². The number of nitrogens with zero attached hydrogens (tertiary/aromatic N) is 15. The van der Waals surface area contributed by atoms with Gasteiger partial charge in [-0.05, 0) is 214 Å². The summed E-state index contributed by atoms with van der Waals surface area (Å²) in [6.45, 7) is 52.6. The molecule has 0 bridgehead atoms. The van der Waals surface area contributed by atoms with Crippen LogP contribution in [0.5, 0.6) is 0 Å². The minimum Gasteiger partial charge on any atom is -0.479 e. The van der Waals surface area contributed by atoms with Gasteiger partial charge >= 0.3 is 18.0 Å². The monoisotopic (exact) mass is 1670 g/mol. The molecule has 18 N–H and O–H groups in total. The number of hydrogen-bond donors (Lipinski definition) is 16. The zero-order valence-electron chi connectivity index (χ0n) is 74.8. The molecule has 0 aliphatic carbocycles. The maximum Gasteiger partial charge on any atom is 0.335 e. The van der Waals surface area contributed by atoms with Crippen molar-refractivity contribution in [1.82, 2.24) is 73.5 Å². The number of carboxylic acids is 2. The second-order valence-electron chi connectivity index (χ2n) is 30.7. The van der Waals surface area contributed by atoms with Gasteiger partial charge in [-0.25, -0.2) is 24.5 Å². The van der Waals surface area contributed by atoms with Crippen molar-refractivity contribution in [2.75, 3.05) is 26.6 Å². The Kier molecular flexibility index (Phi) is 46.4. The molecular weight excluding hydrogens is 1530 g/mol. The highest BCUT2D eigenvalue weighted by Gasteiger charge is 2.30. The number of carbonyl (C=O) groups is 3. The lowest BCUT2D eigenvalue weighted by Crippen LogP contribution is -2.39. The lowest BCUT2D eigenvalue weighted by molar-refractivity contribution is -0.165. The molecule has 34 nitrogen and oxygen atoms in total. The third-order valence-electron chi connectivity index (χ3n) is 19.7. The Morgan fingerprint density at radius 1 is 0.412 bits per heavy atom. The summed E-state index contributed by atoms with van der Waals surface area (Å²) < 4.78 is 19.6. The summed E-state index contributed by atoms with van der Waals surface area (Å²) in [5, 5.41) is 95.3. The summed E-state index contributed by atoms with van der Waals surface area (Å²) in [6, 6.07) is 6.41. The highest BCUT2D eigenvalue weighted by Crippen LogP contribution is 2.28. The molecule has 0 aliphatic heterocycles. The van der Waals surface area contributed by atoms with E-state index in [2.05, 4.69) is 147 Å². The van der Waals surface area contributed by atoms with Gasteiger partial charge in [0.1, 0.15) is 5.78 Å². The maximum absolute atomic E-state index is 13.8. The van der Waals surface area contributed by atoms with Crippen LogP contribution in [0.1, 0.15) is 246 Å². The lowest BCUT2D eigenvalue weighted by atomic mass is 10.0. The Hall–Kier alpha value is -9.72. The first kappa shape index (κ1) is 105. The van der Waals surface area contributed by atoms with Gasteiger partial charge in [0, 0.05) is 91.4 Å². The molecule has 664 valence electrons. The molecule has 0 saturated heterocycles. The van der Waals surface area contributed by atoms with E-state index in [1.165, 1.54) is 11.1 Å². The number of aromatic nitrogens is 15. The Labute approximate surface area is 701 Å². The number of carboxylic acid groups (broad SMARTS) is 2. The molecule has 0 spiro atoms. The molecule has 119 heavy (non-hydrogen) atoms. The lowest BCUT2D eigenvalue weighted by Gasteiger charge is -2.20. The van der Waals surface area contributed by atoms with Crippen LogP contribution in [0.4, 0.5) is 33.7 Å². The van der Waals surface area contributed by atoms with Crippen molar-refractivity contribution in [1.29, 1.82) is 0 Å². The molecule has 0 fully saturated rings. The Bertz CT molecular complexity index is 4300. The molecule has 9 rings (SSSR count). The number of aryl methyl sites for hydroxylation is 6. The van der Waals surface area contributed by atoms with E-state index >= 15 is 0 Å². The fourth-order valence-electron chi connectivity index (χ4n) is 10.7. The number of halogens is 1. The number of ketones is 1. The van der Waals surface area contributed by atoms with Crippen LogP contribution in [0.15, 0.2) is 55.8 Å². The van der Waals surface area contributed by atoms with Gasteiger partial charge in [-0.2, -0.15) is 34.3 Å². The molecule has 0 radical (unpaired) electrons. The summed E-state index contributed by atoms with van der Waals surface area (Å²) in [7, 11) is 0. The molecule has 9 aromatic heterocycles. The van der Waals surface area contributed by atoms with Crippen molar-refractivity contribution in [2.45, 2.75) is 323 Å². The number of hydrogen-bond acceptors (Lipinski definition) is 29. The highest BCUT2D eigenvalue weighted by molar-refractivity contribution is 5.86. The number of pyridine rings is 3. The molecule has 9 aromatic rings. The molecular formula is C84H139FN22O12. The zero-order valence-corrected chi connectivity index (χ0v) is 74.8. The Balaban J connectivity index is 0.000000498. The summed E-state index contributed by atoms with van der Waals surface area (Å²) in [5.41, 5.74) is 24.5. The Morgan fingerprint density at radius 3 is 0.916 bits per heavy atom. The van der Waals surface area contributed by atoms with E-state index in [0.717, 1.165) is 100 Å². The fourth-order valence-corrected chi connectivity index (χ4v) is 10.7. The van der Waals surface area contributed by atoms with Crippen molar-refractivity contribution in [2.24, 2.45) is 23.3 Å². The molecule has 9 heterocycles. The van der Waals surface area contributed by atoms with E-state index in [4.69, 9.17) is 47.2 Å². The van der Waals surface area contributed by atoms with Crippen molar-refractivity contribution >= 4 is 80.6 Å². The number of anilines is 5. The van der Waals surface area contributed by atoms with Crippen molar-refractivity contribution in [3.8, 4) is 0 Å². The molecule has 0 amide bonds. The second-order valence-corrected chi connectivity index (χ2v) is 30.7. The minimum atomic E-state index is -2.27. The van der Waals surface area contributed by atoms with Gasteiger partial charge in [-0.3, -0.25) is 19.7 Å². The smallest absolute Gasteiger partial charge is 0.335 e. The molecule has 0 unspecified atom stereocenters. The maximum atomic E-state index is 13.8. The van der Waals surface area contributed by atoms with E-state index in [-0.39, 0.29) is 66.5 Å². The third-order valence-corrected chi connectivity index (χ3v) is 19.7. The standard InChI is InChI=1S/2C21H31N7O.C16H19FN6.C6H14O.C6H12O.2C5H13NO.C4H6O6/c2*1-7-17(15(6)29)25-21-26-19(18-20(27-21)28(11-24-18)12(2)3)23-10-16-9-22-14(5)8-13(16)4;1-9(2)23-8-20-13-14(21-16(17)22-15(13)23)19-7-12-6-18-11(4)5-10(12)3;2*1-4-5(2)6(3)7;2*1-3-5(6)4(2)7;5-1(3(7)8)2(6)4(9)10/h2*8-9,11-12,15,17,29H,7,10H2,1-6H3,(H2,23,25,26,27);5-6,8-9H,7H2,1-4H3,(H,19,21,22);5-7H,4H2,1-3H3;5H,4H2,1-3H3;2*4-5,7H,3,6H2,1-2H3;1-2,5-6H,(H,7,8)(H,9,10)/t2*15-,17+;;5-,6+;5-;2*4-,5+;1-,2-/m11.00111/s1. The van der Waals surface area contributed by atoms with E-state index in [0.29, 0.717) is 71.8 Å². The first-order chi connectivity index (χ1) is 55.7. The van der Waals surface area contributed by atoms with E-state index in [1.807, 2.05) is 135 Å². The van der Waals surface area contributed by atoms with Crippen LogP contribution in [-0.2, 0) is 34.0 Å². The van der Waals surface area contributed by atoms with Gasteiger partial charge in [-0.1, -0.05) is 61.8 Å². The van der Waals surface area contributed by atoms with Crippen LogP contribution in [0.25, 0.3) is 33.5 Å². The number of nitrogens with two attached hydrogens (primary N) is 2. The van der Waals surface area contributed by atoms with Gasteiger partial charge in [0.15, 0.2) is 63.2 Å². The largest absolute Gasteiger partial charge is 0.479 e. The molecule has 0 aromatic carbocycles. The van der Waals surface area contributed by atoms with Crippen molar-refractivity contribution in [3.05, 3.63) is 112 Å². The Morgan fingerprint density at radius 2 is 0.714 bits per heavy atom. The van der Waals surface area contributed by atoms with Crippen LogP contribution >= 0.6 is 0 Å². The number of Topliss-reactive ketones (excluding diaryl/α,β-unsaturated/α-hetero) is 1. The second kappa shape index (κ2) is 52.4. The topological polar surface area (TPSA) is 515 Å². The van der Waals surface area contributed by atoms with Gasteiger partial charge in [0.05, 0.1) is 61.6 Å². The molecule has 35 heteroatoms. The third kappa shape index (κ3) is 34.9. The summed E-state index contributed by atoms with van der Waals surface area (Å²) in [6.07, 6.45) is 8.95. The van der Waals surface area contributed by atoms with E-state index in [1.54, 1.807) is 53.6 Å². The first-order valence-corrected chi connectivity index (χ1v) is 40.9. The van der Waals surface area contributed by atoms with E-state index in [9.17, 15) is 29.0 Å². The van der Waals surface area contributed by atoms with Crippen LogP contribution in [0.3, 0.4) is 0 Å². The predicted molar refractivity (Wildman–Crippen MR) is 467 cm³/mol. The molecule has 13 atom stereocenters. The normalized spacial score (nSPS) is 14.3. The van der Waals surface area contributed by atoms with Crippen LogP contribution in [0, 0.1) is 59.5 Å². The number of nitrogens with one attached hydrogen (secondary N) is 5. The number of fused-ring (bicyclic) bond motifs is 3. The predicted octanol–water partition coefficient (Wildman–Crippen LogP) is 11.5. The summed E-state index contributed by atoms with van der Waals surface area (Å²) in [4.78, 5) is 82.8. The summed E-state index contributed by atoms with van der Waals surface area (Å²) in [5.74, 6) is 0.164. The van der Waals surface area contributed by atoms with Gasteiger partial charge in [0.25, 0.3) is 0 Å². The average Bonchev–Trinajstić information content (AvgIpc) is 1.67. The van der Waals surface area contributed by atoms with Crippen LogP contribution < -0.4 is 38.1 Å². The number of imidazole rings is 3. The first-order valence-electron chi connectivity index (χ1n) is 40.9. The van der Waals surface area contributed by atoms with Crippen LogP contribution in [0.2, 0.25) is 0 Å². The SMILES string of the molecule is CC[C@H](C)C(C)=O.CC[C@H](C)[C@@H](C)O.CC[C@H](N)[C@@H](C)O.CC[C@H](N)[C@@H](C)O.CC[C@H](Nc1nc(NCc2cnc(C)cc2C)c2ncn(C(C)C)c2n1)[C@@H](C)O.CC[C@H](Nc1nc(NCc2cnc(C)cc2C)c2ncn(C(C)C)c2n1)[C@@H](C)O.Cc1cc(C)c(CNc2nc(F)nc3c2ncn3C(C)C)cn1.O=C(O)[C@H](O)[C@@H](O)C(=O)O. The average molecular weight is 1670 g/mol. The number of aliphatic hydroxyl groups is 7. The number of aliphatic hydroxyl groups excluding tert-OH is 7. The van der Waals surface area contributed by atoms with Crippen molar-refractivity contribution in [3.63, 3.8) is 0 Å². The van der Waals surface area contributed by atoms with Crippen LogP contribution in [-0.4, -0.2) is 204 Å². The number of rotatable bonds is 31. The zero-order chi connectivity index (χ0) is 90.6. The summed E-state index contributed by atoms with van der Waals surface area (Å²) >= 11 is 0. The van der Waals surface area contributed by atoms with Gasteiger partial charge < -0.3 is 97.7 Å². The quantitative estimate of drug-likeness (QED) is 0.0179. The minimum absolute atomic E-state index is 0.0417. The number of carbonyl (C=O) groups excluding carboxylic acids is 1. The van der Waals surface area contributed by atoms with Gasteiger partial charge in [0.2, 0.25) is 11.9 Å². The fraction of sp³-hybridized carbons (Fsp3) is 0.607. The molecule has 0 aliphatic rings. The van der Waals surface area contributed by atoms with Crippen molar-refractivity contribution < 1.29 is 64.7 Å². The molecule has 0 saturated carbocycles. The van der Waals surface area contributed by atoms with E-state index < -0.39 is 42.4 Å². The number of aliphatic carboxylic acids is 2. The highest BCUT2D eigenvalue weighted by atomic mass is 19.1.